The molecule has 0 saturated heterocycles. The van der Waals surface area contributed by atoms with Gasteiger partial charge in [-0.2, -0.15) is 0 Å². The molecule has 48 valence electrons. The van der Waals surface area contributed by atoms with Crippen molar-refractivity contribution in [2.24, 2.45) is 10.7 Å². The lowest BCUT2D eigenvalue weighted by Crippen LogP contribution is -2.27. The molecule has 0 spiro atoms. The van der Waals surface area contributed by atoms with Crippen molar-refractivity contribution in [2.45, 2.75) is 32.9 Å². The molecule has 0 bridgehead atoms. The molecule has 0 saturated carbocycles. The maximum absolute atomic E-state index is 5.51. The molecule has 2 heteroatoms. The van der Waals surface area contributed by atoms with Crippen LogP contribution in [-0.2, 0) is 0 Å². The number of hydrogen-bond acceptors (Lipinski definition) is 2. The predicted octanol–water partition coefficient (Wildman–Crippen LogP) is 0.813. The summed E-state index contributed by atoms with van der Waals surface area (Å²) >= 11 is 0. The number of nitrogens with zero attached hydrogens (tertiary/aromatic N) is 1. The van der Waals surface area contributed by atoms with Crippen LogP contribution in [0.4, 0.5) is 0 Å². The summed E-state index contributed by atoms with van der Waals surface area (Å²) in [7, 11) is 0. The number of rotatable bonds is 2. The van der Waals surface area contributed by atoms with Crippen LogP contribution in [0.15, 0.2) is 4.99 Å². The Bertz CT molecular complexity index is 76.6. The largest absolute Gasteiger partial charge is 0.326 e. The molecule has 0 aliphatic rings. The highest BCUT2D eigenvalue weighted by Gasteiger charge is 2.01. The van der Waals surface area contributed by atoms with Crippen molar-refractivity contribution in [1.82, 2.24) is 0 Å². The second kappa shape index (κ2) is 3.61. The summed E-state index contributed by atoms with van der Waals surface area (Å²) in [6.45, 7) is 5.86. The highest BCUT2D eigenvalue weighted by molar-refractivity contribution is 5.53. The van der Waals surface area contributed by atoms with Gasteiger partial charge in [-0.1, -0.05) is 0 Å². The third kappa shape index (κ3) is 2.75. The van der Waals surface area contributed by atoms with E-state index in [1.165, 1.54) is 0 Å². The van der Waals surface area contributed by atoms with Gasteiger partial charge in [0.1, 0.15) is 0 Å². The quantitative estimate of drug-likeness (QED) is 0.530. The Kier molecular flexibility index (Phi) is 3.44. The fraction of sp³-hybridized carbons (Fsp3) is 0.833. The molecule has 2 N–H and O–H groups in total. The van der Waals surface area contributed by atoms with E-state index in [2.05, 4.69) is 4.99 Å². The van der Waals surface area contributed by atoms with Crippen LogP contribution < -0.4 is 5.73 Å². The van der Waals surface area contributed by atoms with E-state index < -0.39 is 0 Å². The second-order valence-electron chi connectivity index (χ2n) is 2.01. The van der Waals surface area contributed by atoms with Crippen molar-refractivity contribution in [2.75, 3.05) is 0 Å². The van der Waals surface area contributed by atoms with Crippen LogP contribution in [0.5, 0.6) is 0 Å². The summed E-state index contributed by atoms with van der Waals surface area (Å²) in [6.07, 6.45) is 1.79. The molecule has 0 radical (unpaired) electrons. The smallest absolute Gasteiger partial charge is 0.0615 e. The molecule has 0 aromatic carbocycles. The van der Waals surface area contributed by atoms with Crippen LogP contribution in [0.2, 0.25) is 0 Å². The van der Waals surface area contributed by atoms with Crippen LogP contribution >= 0.6 is 0 Å². The monoisotopic (exact) mass is 114 g/mol. The first-order chi connectivity index (χ1) is 3.68. The van der Waals surface area contributed by atoms with Crippen molar-refractivity contribution in [3.63, 3.8) is 0 Å². The SMILES string of the molecule is CC=NC(C)C(C)N. The van der Waals surface area contributed by atoms with Gasteiger partial charge >= 0.3 is 0 Å². The fourth-order valence-electron chi connectivity index (χ4n) is 0.371. The molecule has 0 aliphatic carbocycles. The predicted molar refractivity (Wildman–Crippen MR) is 37.3 cm³/mol. The molecular weight excluding hydrogens is 100 g/mol. The average Bonchev–Trinajstić information content (AvgIpc) is 1.67. The van der Waals surface area contributed by atoms with Gasteiger partial charge in [-0.3, -0.25) is 4.99 Å². The molecular formula is C6H14N2. The van der Waals surface area contributed by atoms with Crippen LogP contribution in [0, 0.1) is 0 Å². The van der Waals surface area contributed by atoms with Crippen molar-refractivity contribution in [1.29, 1.82) is 0 Å². The Balaban J connectivity index is 3.47. The van der Waals surface area contributed by atoms with Crippen molar-refractivity contribution in [3.8, 4) is 0 Å². The lowest BCUT2D eigenvalue weighted by Gasteiger charge is -2.08. The summed E-state index contributed by atoms with van der Waals surface area (Å²) in [6, 6.07) is 0.436. The van der Waals surface area contributed by atoms with Crippen LogP contribution in [0.1, 0.15) is 20.8 Å². The number of hydrogen-bond donors (Lipinski definition) is 1. The Labute approximate surface area is 50.8 Å². The van der Waals surface area contributed by atoms with Gasteiger partial charge in [0.2, 0.25) is 0 Å². The standard InChI is InChI=1S/C6H14N2/c1-4-8-6(3)5(2)7/h4-6H,7H2,1-3H3. The molecule has 0 rings (SSSR count). The first-order valence-corrected chi connectivity index (χ1v) is 2.92. The summed E-state index contributed by atoms with van der Waals surface area (Å²) in [5, 5.41) is 0. The molecule has 8 heavy (non-hydrogen) atoms. The summed E-state index contributed by atoms with van der Waals surface area (Å²) in [5.41, 5.74) is 5.51. The minimum atomic E-state index is 0.172. The van der Waals surface area contributed by atoms with Crippen molar-refractivity contribution < 1.29 is 0 Å². The summed E-state index contributed by atoms with van der Waals surface area (Å²) < 4.78 is 0. The van der Waals surface area contributed by atoms with Gasteiger partial charge in [-0.15, -0.1) is 0 Å². The minimum absolute atomic E-state index is 0.172. The summed E-state index contributed by atoms with van der Waals surface area (Å²) in [4.78, 5) is 4.07. The van der Waals surface area contributed by atoms with E-state index in [-0.39, 0.29) is 12.1 Å². The van der Waals surface area contributed by atoms with Gasteiger partial charge in [0, 0.05) is 6.04 Å². The molecule has 2 nitrogen and oxygen atoms in total. The van der Waals surface area contributed by atoms with E-state index in [1.807, 2.05) is 20.8 Å². The van der Waals surface area contributed by atoms with Gasteiger partial charge in [0.25, 0.3) is 0 Å². The zero-order valence-electron chi connectivity index (χ0n) is 5.76. The van der Waals surface area contributed by atoms with Gasteiger partial charge in [0.15, 0.2) is 0 Å². The van der Waals surface area contributed by atoms with Gasteiger partial charge in [-0.25, -0.2) is 0 Å². The average molecular weight is 114 g/mol. The molecule has 0 amide bonds. The Hall–Kier alpha value is -0.370. The Morgan fingerprint density at radius 2 is 2.00 bits per heavy atom. The van der Waals surface area contributed by atoms with Gasteiger partial charge in [-0.05, 0) is 27.0 Å². The van der Waals surface area contributed by atoms with E-state index in [0.29, 0.717) is 0 Å². The van der Waals surface area contributed by atoms with Crippen molar-refractivity contribution >= 4 is 6.21 Å². The van der Waals surface area contributed by atoms with Crippen LogP contribution in [0.25, 0.3) is 0 Å². The van der Waals surface area contributed by atoms with Crippen LogP contribution in [-0.4, -0.2) is 18.3 Å². The Morgan fingerprint density at radius 1 is 1.50 bits per heavy atom. The van der Waals surface area contributed by atoms with Gasteiger partial charge < -0.3 is 5.73 Å². The highest BCUT2D eigenvalue weighted by Crippen LogP contribution is 1.91. The normalized spacial score (nSPS) is 19.0. The first kappa shape index (κ1) is 7.63. The first-order valence-electron chi connectivity index (χ1n) is 2.92. The number of aliphatic imine (C=N–C) groups is 1. The maximum Gasteiger partial charge on any atom is 0.0615 e. The zero-order chi connectivity index (χ0) is 6.57. The molecule has 0 fully saturated rings. The van der Waals surface area contributed by atoms with Gasteiger partial charge in [0.05, 0.1) is 6.04 Å². The molecule has 0 aromatic heterocycles. The molecule has 0 heterocycles. The molecule has 2 atom stereocenters. The summed E-state index contributed by atoms with van der Waals surface area (Å²) in [5.74, 6) is 0. The maximum atomic E-state index is 5.51. The van der Waals surface area contributed by atoms with E-state index in [4.69, 9.17) is 5.73 Å². The lowest BCUT2D eigenvalue weighted by molar-refractivity contribution is 0.607. The third-order valence-electron chi connectivity index (χ3n) is 1.15. The second-order valence-corrected chi connectivity index (χ2v) is 2.01. The topological polar surface area (TPSA) is 38.4 Å². The van der Waals surface area contributed by atoms with Crippen molar-refractivity contribution in [3.05, 3.63) is 0 Å². The molecule has 0 aromatic rings. The fourth-order valence-corrected chi connectivity index (χ4v) is 0.371. The lowest BCUT2D eigenvalue weighted by atomic mass is 10.2. The van der Waals surface area contributed by atoms with Crippen LogP contribution in [0.3, 0.4) is 0 Å². The van der Waals surface area contributed by atoms with E-state index in [9.17, 15) is 0 Å². The number of nitrogens with two attached hydrogens (primary N) is 1. The third-order valence-corrected chi connectivity index (χ3v) is 1.15. The molecule has 0 aliphatic heterocycles. The minimum Gasteiger partial charge on any atom is -0.326 e. The van der Waals surface area contributed by atoms with E-state index in [0.717, 1.165) is 0 Å². The van der Waals surface area contributed by atoms with E-state index >= 15 is 0 Å². The highest BCUT2D eigenvalue weighted by atomic mass is 14.8. The molecule has 2 unspecified atom stereocenters. The Morgan fingerprint density at radius 3 is 2.12 bits per heavy atom. The van der Waals surface area contributed by atoms with E-state index in [1.54, 1.807) is 6.21 Å². The zero-order valence-corrected chi connectivity index (χ0v) is 5.76.